The fourth-order valence-corrected chi connectivity index (χ4v) is 3.66. The van der Waals surface area contributed by atoms with Gasteiger partial charge in [-0.05, 0) is 60.9 Å². The number of nitrogens with one attached hydrogen (secondary N) is 1. The molecule has 0 radical (unpaired) electrons. The number of benzene rings is 3. The van der Waals surface area contributed by atoms with Gasteiger partial charge < -0.3 is 10.2 Å². The fourth-order valence-electron chi connectivity index (χ4n) is 3.53. The Balaban J connectivity index is 1.61. The SMILES string of the molecule is Cc1ccc(C)c(NC(=O)CN2C(=O)CC(c3ccc(Cl)cc3)=Nc3ccccc32)c1. The molecular weight excluding hydrogens is 410 g/mol. The van der Waals surface area contributed by atoms with Crippen LogP contribution >= 0.6 is 11.6 Å². The molecule has 0 aliphatic carbocycles. The lowest BCUT2D eigenvalue weighted by Crippen LogP contribution is -2.38. The zero-order chi connectivity index (χ0) is 22.0. The number of para-hydroxylation sites is 2. The van der Waals surface area contributed by atoms with Crippen LogP contribution in [0.5, 0.6) is 0 Å². The van der Waals surface area contributed by atoms with Crippen molar-refractivity contribution in [3.8, 4) is 0 Å². The molecule has 0 atom stereocenters. The number of hydrogen-bond donors (Lipinski definition) is 1. The maximum Gasteiger partial charge on any atom is 0.244 e. The number of aliphatic imine (C=N–C) groups is 1. The van der Waals surface area contributed by atoms with Gasteiger partial charge in [0.2, 0.25) is 11.8 Å². The highest BCUT2D eigenvalue weighted by atomic mass is 35.5. The van der Waals surface area contributed by atoms with Crippen LogP contribution in [0.1, 0.15) is 23.1 Å². The summed E-state index contributed by atoms with van der Waals surface area (Å²) in [6.07, 6.45) is 0.0903. The predicted octanol–water partition coefficient (Wildman–Crippen LogP) is 5.45. The van der Waals surface area contributed by atoms with E-state index in [1.54, 1.807) is 12.1 Å². The molecule has 0 saturated heterocycles. The smallest absolute Gasteiger partial charge is 0.244 e. The molecule has 31 heavy (non-hydrogen) atoms. The summed E-state index contributed by atoms with van der Waals surface area (Å²) in [6, 6.07) is 20.5. The van der Waals surface area contributed by atoms with Gasteiger partial charge in [0.15, 0.2) is 0 Å². The van der Waals surface area contributed by atoms with Gasteiger partial charge in [-0.1, -0.05) is 48.0 Å². The molecule has 0 bridgehead atoms. The first-order valence-corrected chi connectivity index (χ1v) is 10.4. The summed E-state index contributed by atoms with van der Waals surface area (Å²) in [5.41, 5.74) is 5.51. The van der Waals surface area contributed by atoms with Gasteiger partial charge in [-0.2, -0.15) is 0 Å². The van der Waals surface area contributed by atoms with Gasteiger partial charge in [-0.3, -0.25) is 14.6 Å². The van der Waals surface area contributed by atoms with E-state index < -0.39 is 0 Å². The lowest BCUT2D eigenvalue weighted by atomic mass is 10.1. The van der Waals surface area contributed by atoms with Crippen LogP contribution in [0.2, 0.25) is 5.02 Å². The molecule has 1 aliphatic heterocycles. The number of carbonyl (C=O) groups excluding carboxylic acids is 2. The van der Waals surface area contributed by atoms with E-state index in [1.165, 1.54) is 4.90 Å². The maximum absolute atomic E-state index is 13.2. The Bertz CT molecular complexity index is 1190. The van der Waals surface area contributed by atoms with E-state index in [0.717, 1.165) is 22.4 Å². The number of hydrogen-bond acceptors (Lipinski definition) is 3. The van der Waals surface area contributed by atoms with Crippen molar-refractivity contribution in [2.45, 2.75) is 20.3 Å². The van der Waals surface area contributed by atoms with Crippen molar-refractivity contribution in [1.29, 1.82) is 0 Å². The minimum Gasteiger partial charge on any atom is -0.324 e. The summed E-state index contributed by atoms with van der Waals surface area (Å²) in [5.74, 6) is -0.443. The van der Waals surface area contributed by atoms with E-state index in [2.05, 4.69) is 5.32 Å². The lowest BCUT2D eigenvalue weighted by molar-refractivity contribution is -0.120. The predicted molar refractivity (Wildman–Crippen MR) is 126 cm³/mol. The summed E-state index contributed by atoms with van der Waals surface area (Å²) >= 11 is 6.00. The molecule has 0 saturated carbocycles. The second-order valence-corrected chi connectivity index (χ2v) is 8.01. The average Bonchev–Trinajstić information content (AvgIpc) is 2.88. The number of halogens is 1. The number of anilines is 2. The van der Waals surface area contributed by atoms with E-state index >= 15 is 0 Å². The molecule has 6 heteroatoms. The second-order valence-electron chi connectivity index (χ2n) is 7.58. The number of amides is 2. The van der Waals surface area contributed by atoms with Crippen LogP contribution in [0.15, 0.2) is 71.7 Å². The van der Waals surface area contributed by atoms with Crippen LogP contribution in [0.25, 0.3) is 0 Å². The minimum absolute atomic E-state index is 0.0903. The highest BCUT2D eigenvalue weighted by Crippen LogP contribution is 2.33. The topological polar surface area (TPSA) is 61.8 Å². The number of aryl methyl sites for hydroxylation is 2. The Morgan fingerprint density at radius 3 is 2.58 bits per heavy atom. The molecule has 1 aliphatic rings. The number of nitrogens with zero attached hydrogens (tertiary/aromatic N) is 2. The first-order chi connectivity index (χ1) is 14.9. The zero-order valence-electron chi connectivity index (χ0n) is 17.4. The van der Waals surface area contributed by atoms with Crippen LogP contribution in [-0.4, -0.2) is 24.1 Å². The Morgan fingerprint density at radius 2 is 1.81 bits per heavy atom. The van der Waals surface area contributed by atoms with E-state index in [-0.39, 0.29) is 24.8 Å². The van der Waals surface area contributed by atoms with Crippen molar-refractivity contribution in [2.75, 3.05) is 16.8 Å². The van der Waals surface area contributed by atoms with Crippen molar-refractivity contribution < 1.29 is 9.59 Å². The van der Waals surface area contributed by atoms with Crippen LogP contribution in [0, 0.1) is 13.8 Å². The summed E-state index contributed by atoms with van der Waals surface area (Å²) in [6.45, 7) is 3.82. The minimum atomic E-state index is -0.258. The standard InChI is InChI=1S/C25H22ClN3O2/c1-16-7-8-17(2)21(13-16)28-24(30)15-29-23-6-4-3-5-20(23)27-22(14-25(29)31)18-9-11-19(26)12-10-18/h3-13H,14-15H2,1-2H3,(H,28,30). The third kappa shape index (κ3) is 4.67. The molecule has 0 aromatic heterocycles. The molecular formula is C25H22ClN3O2. The van der Waals surface area contributed by atoms with Gasteiger partial charge in [0.05, 0.1) is 23.5 Å². The van der Waals surface area contributed by atoms with Gasteiger partial charge in [0.25, 0.3) is 0 Å². The first kappa shape index (κ1) is 20.8. The van der Waals surface area contributed by atoms with Crippen molar-refractivity contribution >= 4 is 46.2 Å². The number of carbonyl (C=O) groups is 2. The van der Waals surface area contributed by atoms with Crippen molar-refractivity contribution in [3.05, 3.63) is 88.4 Å². The molecule has 4 rings (SSSR count). The molecule has 5 nitrogen and oxygen atoms in total. The highest BCUT2D eigenvalue weighted by Gasteiger charge is 2.26. The normalized spacial score (nSPS) is 13.3. The van der Waals surface area contributed by atoms with Crippen molar-refractivity contribution in [3.63, 3.8) is 0 Å². The van der Waals surface area contributed by atoms with Gasteiger partial charge in [0.1, 0.15) is 6.54 Å². The quantitative estimate of drug-likeness (QED) is 0.596. The van der Waals surface area contributed by atoms with Crippen molar-refractivity contribution in [1.82, 2.24) is 0 Å². The Morgan fingerprint density at radius 1 is 1.06 bits per heavy atom. The van der Waals surface area contributed by atoms with E-state index in [0.29, 0.717) is 22.1 Å². The summed E-state index contributed by atoms with van der Waals surface area (Å²) in [7, 11) is 0. The summed E-state index contributed by atoms with van der Waals surface area (Å²) < 4.78 is 0. The fraction of sp³-hybridized carbons (Fsp3) is 0.160. The summed E-state index contributed by atoms with van der Waals surface area (Å²) in [5, 5.41) is 3.55. The highest BCUT2D eigenvalue weighted by molar-refractivity contribution is 6.30. The molecule has 0 spiro atoms. The van der Waals surface area contributed by atoms with Gasteiger partial charge >= 0.3 is 0 Å². The van der Waals surface area contributed by atoms with Crippen LogP contribution < -0.4 is 10.2 Å². The lowest BCUT2D eigenvalue weighted by Gasteiger charge is -2.22. The zero-order valence-corrected chi connectivity index (χ0v) is 18.1. The molecule has 2 amide bonds. The molecule has 156 valence electrons. The monoisotopic (exact) mass is 431 g/mol. The third-order valence-corrected chi connectivity index (χ3v) is 5.45. The average molecular weight is 432 g/mol. The molecule has 1 heterocycles. The Kier molecular flexibility index (Phi) is 5.87. The second kappa shape index (κ2) is 8.74. The third-order valence-electron chi connectivity index (χ3n) is 5.19. The van der Waals surface area contributed by atoms with Crippen LogP contribution in [0.4, 0.5) is 17.1 Å². The number of rotatable bonds is 4. The van der Waals surface area contributed by atoms with E-state index in [1.807, 2.05) is 68.4 Å². The van der Waals surface area contributed by atoms with Gasteiger partial charge in [0, 0.05) is 10.7 Å². The molecule has 0 unspecified atom stereocenters. The molecule has 0 fully saturated rings. The van der Waals surface area contributed by atoms with E-state index in [4.69, 9.17) is 16.6 Å². The van der Waals surface area contributed by atoms with Crippen LogP contribution in [-0.2, 0) is 9.59 Å². The van der Waals surface area contributed by atoms with Gasteiger partial charge in [-0.15, -0.1) is 0 Å². The molecule has 3 aromatic carbocycles. The van der Waals surface area contributed by atoms with Gasteiger partial charge in [-0.25, -0.2) is 0 Å². The molecule has 3 aromatic rings. The largest absolute Gasteiger partial charge is 0.324 e. The Hall–Kier alpha value is -3.44. The first-order valence-electron chi connectivity index (χ1n) is 10.0. The van der Waals surface area contributed by atoms with E-state index in [9.17, 15) is 9.59 Å². The van der Waals surface area contributed by atoms with Crippen molar-refractivity contribution in [2.24, 2.45) is 4.99 Å². The Labute approximate surface area is 186 Å². The van der Waals surface area contributed by atoms with Crippen LogP contribution in [0.3, 0.4) is 0 Å². The number of fused-ring (bicyclic) bond motifs is 1. The summed E-state index contributed by atoms with van der Waals surface area (Å²) in [4.78, 5) is 32.3. The maximum atomic E-state index is 13.2. The molecule has 1 N–H and O–H groups in total.